The van der Waals surface area contributed by atoms with Crippen LogP contribution in [0.4, 0.5) is 5.69 Å². The largest absolute Gasteiger partial charge is 0.465 e. The first kappa shape index (κ1) is 24.5. The number of anilines is 1. The van der Waals surface area contributed by atoms with Gasteiger partial charge < -0.3 is 10.1 Å². The maximum atomic E-state index is 11.4. The van der Waals surface area contributed by atoms with Crippen LogP contribution in [0.25, 0.3) is 0 Å². The number of methoxy groups -OCH3 is 1. The molecule has 28 heavy (non-hydrogen) atoms. The Balaban J connectivity index is 1.85. The van der Waals surface area contributed by atoms with Crippen molar-refractivity contribution in [2.75, 3.05) is 19.0 Å². The first-order valence-corrected chi connectivity index (χ1v) is 11.6. The van der Waals surface area contributed by atoms with Gasteiger partial charge in [0.05, 0.1) is 12.7 Å². The van der Waals surface area contributed by atoms with Crippen LogP contribution in [0.1, 0.15) is 108 Å². The average molecular weight is 390 g/mol. The van der Waals surface area contributed by atoms with Gasteiger partial charge in [0.15, 0.2) is 0 Å². The third-order valence-corrected chi connectivity index (χ3v) is 5.34. The molecule has 0 saturated heterocycles. The topological polar surface area (TPSA) is 38.3 Å². The smallest absolute Gasteiger partial charge is 0.337 e. The molecule has 3 heteroatoms. The first-order chi connectivity index (χ1) is 13.6. The van der Waals surface area contributed by atoms with Crippen molar-refractivity contribution in [3.63, 3.8) is 0 Å². The van der Waals surface area contributed by atoms with E-state index < -0.39 is 0 Å². The molecule has 0 amide bonds. The highest BCUT2D eigenvalue weighted by molar-refractivity contribution is 5.89. The molecule has 3 nitrogen and oxygen atoms in total. The molecular weight excluding hydrogens is 346 g/mol. The summed E-state index contributed by atoms with van der Waals surface area (Å²) in [5.74, 6) is 0.587. The summed E-state index contributed by atoms with van der Waals surface area (Å²) in [6, 6.07) is 7.49. The second-order valence-corrected chi connectivity index (χ2v) is 8.42. The minimum absolute atomic E-state index is 0.284. The fraction of sp³-hybridized carbons (Fsp3) is 0.720. The average Bonchev–Trinajstić information content (AvgIpc) is 2.70. The van der Waals surface area contributed by atoms with Gasteiger partial charge in [-0.3, -0.25) is 0 Å². The SMILES string of the molecule is COC(=O)c1ccc(NCCCCCCCCCCCCCCC(C)C)cc1. The third-order valence-electron chi connectivity index (χ3n) is 5.34. The minimum Gasteiger partial charge on any atom is -0.465 e. The lowest BCUT2D eigenvalue weighted by atomic mass is 10.0. The van der Waals surface area contributed by atoms with E-state index >= 15 is 0 Å². The Labute approximate surface area is 173 Å². The summed E-state index contributed by atoms with van der Waals surface area (Å²) < 4.78 is 4.71. The molecule has 0 saturated carbocycles. The molecule has 0 radical (unpaired) electrons. The van der Waals surface area contributed by atoms with E-state index in [0.29, 0.717) is 5.56 Å². The lowest BCUT2D eigenvalue weighted by Crippen LogP contribution is -2.03. The summed E-state index contributed by atoms with van der Waals surface area (Å²) >= 11 is 0. The Kier molecular flexibility index (Phi) is 14.4. The zero-order valence-electron chi connectivity index (χ0n) is 18.6. The van der Waals surface area contributed by atoms with Crippen molar-refractivity contribution in [1.29, 1.82) is 0 Å². The van der Waals surface area contributed by atoms with Crippen LogP contribution < -0.4 is 5.32 Å². The zero-order valence-corrected chi connectivity index (χ0v) is 18.6. The molecule has 0 bridgehead atoms. The van der Waals surface area contributed by atoms with E-state index in [1.807, 2.05) is 12.1 Å². The normalized spacial score (nSPS) is 11.0. The Bertz CT molecular complexity index is 496. The van der Waals surface area contributed by atoms with Crippen LogP contribution in [0.3, 0.4) is 0 Å². The number of unbranched alkanes of at least 4 members (excludes halogenated alkanes) is 11. The van der Waals surface area contributed by atoms with Gasteiger partial charge in [-0.15, -0.1) is 0 Å². The summed E-state index contributed by atoms with van der Waals surface area (Å²) in [6.45, 7) is 5.64. The second-order valence-electron chi connectivity index (χ2n) is 8.42. The Hall–Kier alpha value is -1.51. The summed E-state index contributed by atoms with van der Waals surface area (Å²) in [6.07, 6.45) is 18.0. The molecule has 0 aliphatic carbocycles. The highest BCUT2D eigenvalue weighted by Gasteiger charge is 2.03. The van der Waals surface area contributed by atoms with Crippen molar-refractivity contribution >= 4 is 11.7 Å². The van der Waals surface area contributed by atoms with Crippen molar-refractivity contribution in [3.8, 4) is 0 Å². The number of hydrogen-bond acceptors (Lipinski definition) is 3. The number of nitrogens with one attached hydrogen (secondary N) is 1. The maximum absolute atomic E-state index is 11.4. The molecule has 0 fully saturated rings. The van der Waals surface area contributed by atoms with Crippen LogP contribution in [0.5, 0.6) is 0 Å². The molecule has 0 unspecified atom stereocenters. The van der Waals surface area contributed by atoms with Gasteiger partial charge >= 0.3 is 5.97 Å². The summed E-state index contributed by atoms with van der Waals surface area (Å²) in [5, 5.41) is 3.42. The predicted octanol–water partition coefficient (Wildman–Crippen LogP) is 7.61. The highest BCUT2D eigenvalue weighted by Crippen LogP contribution is 2.14. The lowest BCUT2D eigenvalue weighted by Gasteiger charge is -2.07. The Morgan fingerprint density at radius 3 is 1.71 bits per heavy atom. The quantitative estimate of drug-likeness (QED) is 0.220. The number of carbonyl (C=O) groups excluding carboxylic acids is 1. The number of esters is 1. The van der Waals surface area contributed by atoms with Gasteiger partial charge in [0.1, 0.15) is 0 Å². The van der Waals surface area contributed by atoms with Crippen molar-refractivity contribution in [2.45, 2.75) is 97.3 Å². The van der Waals surface area contributed by atoms with E-state index in [-0.39, 0.29) is 5.97 Å². The van der Waals surface area contributed by atoms with Gasteiger partial charge in [-0.2, -0.15) is 0 Å². The van der Waals surface area contributed by atoms with Crippen molar-refractivity contribution in [1.82, 2.24) is 0 Å². The van der Waals surface area contributed by atoms with E-state index in [4.69, 9.17) is 4.74 Å². The van der Waals surface area contributed by atoms with Gasteiger partial charge in [0, 0.05) is 12.2 Å². The Morgan fingerprint density at radius 2 is 1.25 bits per heavy atom. The molecule has 0 heterocycles. The third kappa shape index (κ3) is 12.8. The molecule has 0 aliphatic rings. The number of hydrogen-bond donors (Lipinski definition) is 1. The predicted molar refractivity (Wildman–Crippen MR) is 121 cm³/mol. The van der Waals surface area contributed by atoms with E-state index in [2.05, 4.69) is 19.2 Å². The fourth-order valence-corrected chi connectivity index (χ4v) is 3.52. The van der Waals surface area contributed by atoms with E-state index in [9.17, 15) is 4.79 Å². The molecular formula is C25H43NO2. The number of benzene rings is 1. The molecule has 0 aromatic heterocycles. The van der Waals surface area contributed by atoms with Gasteiger partial charge in [-0.05, 0) is 36.6 Å². The van der Waals surface area contributed by atoms with Gasteiger partial charge in [0.2, 0.25) is 0 Å². The second kappa shape index (κ2) is 16.4. The highest BCUT2D eigenvalue weighted by atomic mass is 16.5. The van der Waals surface area contributed by atoms with Crippen LogP contribution in [-0.2, 0) is 4.74 Å². The van der Waals surface area contributed by atoms with Crippen molar-refractivity contribution in [3.05, 3.63) is 29.8 Å². The summed E-state index contributed by atoms with van der Waals surface area (Å²) in [7, 11) is 1.41. The standard InChI is InChI=1S/C25H43NO2/c1-22(2)16-14-12-10-8-6-4-5-7-9-11-13-15-21-26-24-19-17-23(18-20-24)25(27)28-3/h17-20,22,26H,4-16,21H2,1-3H3. The number of carbonyl (C=O) groups is 1. The summed E-state index contributed by atoms with van der Waals surface area (Å²) in [5.41, 5.74) is 1.66. The molecule has 0 spiro atoms. The van der Waals surface area contributed by atoms with E-state index in [1.165, 1.54) is 90.6 Å². The lowest BCUT2D eigenvalue weighted by molar-refractivity contribution is 0.0601. The van der Waals surface area contributed by atoms with Gasteiger partial charge in [0.25, 0.3) is 0 Å². The molecule has 160 valence electrons. The number of rotatable bonds is 17. The zero-order chi connectivity index (χ0) is 20.5. The van der Waals surface area contributed by atoms with Crippen LogP contribution in [0.2, 0.25) is 0 Å². The van der Waals surface area contributed by atoms with Crippen LogP contribution in [-0.4, -0.2) is 19.6 Å². The molecule has 0 aliphatic heterocycles. The molecule has 0 atom stereocenters. The van der Waals surface area contributed by atoms with Crippen molar-refractivity contribution in [2.24, 2.45) is 5.92 Å². The van der Waals surface area contributed by atoms with Gasteiger partial charge in [-0.25, -0.2) is 4.79 Å². The molecule has 1 aromatic rings. The van der Waals surface area contributed by atoms with Crippen LogP contribution >= 0.6 is 0 Å². The monoisotopic (exact) mass is 389 g/mol. The first-order valence-electron chi connectivity index (χ1n) is 11.6. The molecule has 1 aromatic carbocycles. The van der Waals surface area contributed by atoms with E-state index in [1.54, 1.807) is 12.1 Å². The maximum Gasteiger partial charge on any atom is 0.337 e. The van der Waals surface area contributed by atoms with Gasteiger partial charge in [-0.1, -0.05) is 90.9 Å². The van der Waals surface area contributed by atoms with Crippen molar-refractivity contribution < 1.29 is 9.53 Å². The van der Waals surface area contributed by atoms with Crippen LogP contribution in [0.15, 0.2) is 24.3 Å². The van der Waals surface area contributed by atoms with E-state index in [0.717, 1.165) is 18.2 Å². The Morgan fingerprint density at radius 1 is 0.786 bits per heavy atom. The number of ether oxygens (including phenoxy) is 1. The fourth-order valence-electron chi connectivity index (χ4n) is 3.52. The summed E-state index contributed by atoms with van der Waals surface area (Å²) in [4.78, 5) is 11.4. The molecule has 1 N–H and O–H groups in total. The molecule has 1 rings (SSSR count). The van der Waals surface area contributed by atoms with Crippen LogP contribution in [0, 0.1) is 5.92 Å². The minimum atomic E-state index is -0.284.